The van der Waals surface area contributed by atoms with E-state index >= 15 is 0 Å². The van der Waals surface area contributed by atoms with Crippen molar-refractivity contribution in [2.45, 2.75) is 57.4 Å². The molecule has 0 spiro atoms. The number of hydrogen-bond acceptors (Lipinski definition) is 1. The molecule has 0 aromatic heterocycles. The topological polar surface area (TPSA) is 3.24 Å². The molecule has 0 amide bonds. The molecule has 0 fully saturated rings. The maximum Gasteiger partial charge on any atom is 0.256 e. The largest absolute Gasteiger partial charge is 0.301 e. The zero-order valence-corrected chi connectivity index (χ0v) is 12.8. The second kappa shape index (κ2) is 4.27. The van der Waals surface area contributed by atoms with Gasteiger partial charge in [-0.05, 0) is 41.1 Å². The highest BCUT2D eigenvalue weighted by Gasteiger charge is 2.47. The highest BCUT2D eigenvalue weighted by atomic mass is 19.3. The summed E-state index contributed by atoms with van der Waals surface area (Å²) in [5, 5.41) is 0. The molecule has 0 radical (unpaired) electrons. The maximum absolute atomic E-state index is 14.2. The lowest BCUT2D eigenvalue weighted by atomic mass is 9.72. The summed E-state index contributed by atoms with van der Waals surface area (Å²) >= 11 is 0. The highest BCUT2D eigenvalue weighted by molar-refractivity contribution is 5.47. The van der Waals surface area contributed by atoms with E-state index in [1.807, 2.05) is 11.9 Å². The Balaban J connectivity index is 2.18. The molecule has 2 aliphatic rings. The summed E-state index contributed by atoms with van der Waals surface area (Å²) in [4.78, 5) is 2.03. The SMILES string of the molecule is CN1Cc2cc(C(C)(C)C)cc3c2C(C1)C(F)(F)CC3. The van der Waals surface area contributed by atoms with Crippen molar-refractivity contribution in [1.82, 2.24) is 4.90 Å². The van der Waals surface area contributed by atoms with Crippen molar-refractivity contribution in [3.8, 4) is 0 Å². The van der Waals surface area contributed by atoms with Gasteiger partial charge in [0.05, 0.1) is 5.92 Å². The predicted octanol–water partition coefficient (Wildman–Crippen LogP) is 4.09. The molecule has 1 aromatic rings. The fraction of sp³-hybridized carbons (Fsp3) is 0.647. The van der Waals surface area contributed by atoms with E-state index in [1.54, 1.807) is 0 Å². The van der Waals surface area contributed by atoms with Gasteiger partial charge in [0.25, 0.3) is 5.92 Å². The molecule has 1 aliphatic carbocycles. The first kappa shape index (κ1) is 14.0. The summed E-state index contributed by atoms with van der Waals surface area (Å²) in [7, 11) is 1.94. The number of alkyl halides is 2. The molecule has 110 valence electrons. The lowest BCUT2D eigenvalue weighted by Gasteiger charge is -2.42. The molecule has 1 aromatic carbocycles. The average Bonchev–Trinajstić information content (AvgIpc) is 2.32. The van der Waals surface area contributed by atoms with Crippen LogP contribution in [0, 0.1) is 0 Å². The van der Waals surface area contributed by atoms with Crippen LogP contribution in [0.25, 0.3) is 0 Å². The number of likely N-dealkylation sites (N-methyl/N-ethyl adjacent to an activating group) is 1. The van der Waals surface area contributed by atoms with Gasteiger partial charge in [0.2, 0.25) is 0 Å². The number of hydrogen-bond donors (Lipinski definition) is 0. The molecule has 0 saturated carbocycles. The van der Waals surface area contributed by atoms with E-state index in [9.17, 15) is 8.78 Å². The minimum atomic E-state index is -2.56. The van der Waals surface area contributed by atoms with Crippen LogP contribution in [-0.2, 0) is 18.4 Å². The third kappa shape index (κ3) is 2.16. The van der Waals surface area contributed by atoms with Crippen molar-refractivity contribution in [3.63, 3.8) is 0 Å². The maximum atomic E-state index is 14.2. The number of aryl methyl sites for hydroxylation is 1. The molecule has 3 rings (SSSR count). The van der Waals surface area contributed by atoms with E-state index in [0.29, 0.717) is 13.0 Å². The fourth-order valence-electron chi connectivity index (χ4n) is 3.58. The molecule has 20 heavy (non-hydrogen) atoms. The van der Waals surface area contributed by atoms with Crippen molar-refractivity contribution in [3.05, 3.63) is 34.4 Å². The summed E-state index contributed by atoms with van der Waals surface area (Å²) in [5.41, 5.74) is 4.57. The van der Waals surface area contributed by atoms with Crippen LogP contribution in [0.2, 0.25) is 0 Å². The third-order valence-electron chi connectivity index (χ3n) is 4.74. The summed E-state index contributed by atoms with van der Waals surface area (Å²) in [6.45, 7) is 7.81. The highest BCUT2D eigenvalue weighted by Crippen LogP contribution is 2.48. The van der Waals surface area contributed by atoms with E-state index in [0.717, 1.165) is 23.2 Å². The normalized spacial score (nSPS) is 25.4. The van der Waals surface area contributed by atoms with Crippen molar-refractivity contribution >= 4 is 0 Å². The summed E-state index contributed by atoms with van der Waals surface area (Å²) < 4.78 is 28.5. The van der Waals surface area contributed by atoms with Crippen LogP contribution in [-0.4, -0.2) is 24.4 Å². The van der Waals surface area contributed by atoms with Gasteiger partial charge in [-0.2, -0.15) is 0 Å². The number of rotatable bonds is 0. The quantitative estimate of drug-likeness (QED) is 0.691. The smallest absolute Gasteiger partial charge is 0.256 e. The van der Waals surface area contributed by atoms with E-state index in [-0.39, 0.29) is 11.8 Å². The predicted molar refractivity (Wildman–Crippen MR) is 77.5 cm³/mol. The van der Waals surface area contributed by atoms with Gasteiger partial charge in [-0.15, -0.1) is 0 Å². The Kier molecular flexibility index (Phi) is 2.99. The second-order valence-electron chi connectivity index (χ2n) is 7.47. The van der Waals surface area contributed by atoms with Crippen LogP contribution in [0.4, 0.5) is 8.78 Å². The molecular formula is C17H23F2N. The van der Waals surface area contributed by atoms with E-state index in [2.05, 4.69) is 32.9 Å². The molecule has 1 atom stereocenters. The number of halogens is 2. The number of nitrogens with zero attached hydrogens (tertiary/aromatic N) is 1. The molecule has 0 N–H and O–H groups in total. The first-order valence-electron chi connectivity index (χ1n) is 7.41. The zero-order chi connectivity index (χ0) is 14.7. The lowest BCUT2D eigenvalue weighted by molar-refractivity contribution is -0.0534. The van der Waals surface area contributed by atoms with E-state index < -0.39 is 11.8 Å². The van der Waals surface area contributed by atoms with Crippen molar-refractivity contribution in [1.29, 1.82) is 0 Å². The Labute approximate surface area is 120 Å². The minimum absolute atomic E-state index is 0.00839. The Bertz CT molecular complexity index is 543. The Hall–Kier alpha value is -0.960. The number of benzene rings is 1. The van der Waals surface area contributed by atoms with Crippen molar-refractivity contribution in [2.24, 2.45) is 0 Å². The van der Waals surface area contributed by atoms with Gasteiger partial charge in [0.15, 0.2) is 0 Å². The first-order chi connectivity index (χ1) is 9.18. The molecule has 1 nitrogen and oxygen atoms in total. The second-order valence-corrected chi connectivity index (χ2v) is 7.47. The third-order valence-corrected chi connectivity index (χ3v) is 4.74. The molecule has 3 heteroatoms. The minimum Gasteiger partial charge on any atom is -0.301 e. The molecule has 1 unspecified atom stereocenters. The Morgan fingerprint density at radius 3 is 2.50 bits per heavy atom. The zero-order valence-electron chi connectivity index (χ0n) is 12.8. The molecule has 0 bridgehead atoms. The van der Waals surface area contributed by atoms with Crippen molar-refractivity contribution < 1.29 is 8.78 Å². The summed E-state index contributed by atoms with van der Waals surface area (Å²) in [6, 6.07) is 4.33. The Morgan fingerprint density at radius 1 is 1.20 bits per heavy atom. The van der Waals surface area contributed by atoms with Gasteiger partial charge < -0.3 is 4.90 Å². The molecular weight excluding hydrogens is 256 g/mol. The summed E-state index contributed by atoms with van der Waals surface area (Å²) in [5.74, 6) is -3.17. The first-order valence-corrected chi connectivity index (χ1v) is 7.41. The van der Waals surface area contributed by atoms with E-state index in [4.69, 9.17) is 0 Å². The van der Waals surface area contributed by atoms with Gasteiger partial charge in [-0.25, -0.2) is 8.78 Å². The lowest BCUT2D eigenvalue weighted by Crippen LogP contribution is -2.43. The van der Waals surface area contributed by atoms with E-state index in [1.165, 1.54) is 5.56 Å². The van der Waals surface area contributed by atoms with Crippen molar-refractivity contribution in [2.75, 3.05) is 13.6 Å². The van der Waals surface area contributed by atoms with Crippen LogP contribution >= 0.6 is 0 Å². The summed E-state index contributed by atoms with van der Waals surface area (Å²) in [6.07, 6.45) is 0.505. The Morgan fingerprint density at radius 2 is 1.85 bits per heavy atom. The average molecular weight is 279 g/mol. The van der Waals surface area contributed by atoms with Crippen LogP contribution in [0.1, 0.15) is 55.4 Å². The van der Waals surface area contributed by atoms with Crippen LogP contribution in [0.15, 0.2) is 12.1 Å². The standard InChI is InChI=1S/C17H23F2N/c1-16(2,3)13-7-11-5-6-17(18,19)14-10-20(4)9-12(8-13)15(11)14/h7-8,14H,5-6,9-10H2,1-4H3. The van der Waals surface area contributed by atoms with Gasteiger partial charge >= 0.3 is 0 Å². The van der Waals surface area contributed by atoms with Gasteiger partial charge in [-0.3, -0.25) is 0 Å². The van der Waals surface area contributed by atoms with Gasteiger partial charge in [0, 0.05) is 19.5 Å². The van der Waals surface area contributed by atoms with Crippen LogP contribution < -0.4 is 0 Å². The molecule has 1 aliphatic heterocycles. The van der Waals surface area contributed by atoms with Gasteiger partial charge in [-0.1, -0.05) is 32.9 Å². The molecule has 1 heterocycles. The molecule has 0 saturated heterocycles. The van der Waals surface area contributed by atoms with Crippen LogP contribution in [0.5, 0.6) is 0 Å². The van der Waals surface area contributed by atoms with Gasteiger partial charge in [0.1, 0.15) is 0 Å². The monoisotopic (exact) mass is 279 g/mol. The fourth-order valence-corrected chi connectivity index (χ4v) is 3.58. The van der Waals surface area contributed by atoms with Crippen LogP contribution in [0.3, 0.4) is 0 Å².